The number of carbonyl (C=O) groups is 1. The van der Waals surface area contributed by atoms with Crippen LogP contribution in [0.15, 0.2) is 83.3 Å². The predicted octanol–water partition coefficient (Wildman–Crippen LogP) is 6.52. The highest BCUT2D eigenvalue weighted by molar-refractivity contribution is 6.09. The molecule has 0 saturated carbocycles. The lowest BCUT2D eigenvalue weighted by Crippen LogP contribution is -2.45. The summed E-state index contributed by atoms with van der Waals surface area (Å²) in [5.74, 6) is 2.08. The Bertz CT molecular complexity index is 1490. The first-order valence-corrected chi connectivity index (χ1v) is 13.6. The summed E-state index contributed by atoms with van der Waals surface area (Å²) in [7, 11) is 1.63. The first-order valence-electron chi connectivity index (χ1n) is 13.6. The van der Waals surface area contributed by atoms with Crippen LogP contribution in [0.25, 0.3) is 11.1 Å². The lowest BCUT2D eigenvalue weighted by Gasteiger charge is -2.35. The van der Waals surface area contributed by atoms with Gasteiger partial charge in [-0.1, -0.05) is 44.2 Å². The molecular formula is C33H34N4O3. The van der Waals surface area contributed by atoms with Crippen LogP contribution in [0.2, 0.25) is 0 Å². The molecule has 1 aliphatic rings. The van der Waals surface area contributed by atoms with Gasteiger partial charge in [0, 0.05) is 43.1 Å². The van der Waals surface area contributed by atoms with E-state index in [1.807, 2.05) is 54.6 Å². The van der Waals surface area contributed by atoms with Crippen molar-refractivity contribution in [2.45, 2.75) is 26.3 Å². The summed E-state index contributed by atoms with van der Waals surface area (Å²) in [5, 5.41) is 12.0. The molecule has 204 valence electrons. The van der Waals surface area contributed by atoms with E-state index in [1.165, 1.54) is 5.56 Å². The standard InChI is InChI=1S/C33H34N4O3/c1-23(2)24-7-9-25(10-8-24)32-30(5-4-6-31(32)39-3)33(38)35-26-11-13-27(14-12-26)37-19-17-36(18-20-37)22-29-16-15-28(21-34)40-29/h4-16,23H,17-20,22H2,1-3H3,(H,35,38). The molecule has 0 atom stereocenters. The molecule has 1 aliphatic heterocycles. The molecule has 1 fully saturated rings. The summed E-state index contributed by atoms with van der Waals surface area (Å²) in [6.45, 7) is 8.61. The topological polar surface area (TPSA) is 81.7 Å². The van der Waals surface area contributed by atoms with E-state index in [0.717, 1.165) is 54.4 Å². The molecule has 0 aliphatic carbocycles. The second kappa shape index (κ2) is 12.1. The van der Waals surface area contributed by atoms with Gasteiger partial charge < -0.3 is 19.4 Å². The van der Waals surface area contributed by atoms with Gasteiger partial charge in [0.05, 0.1) is 19.2 Å². The van der Waals surface area contributed by atoms with E-state index in [-0.39, 0.29) is 5.91 Å². The first-order chi connectivity index (χ1) is 19.4. The molecule has 1 aromatic heterocycles. The molecular weight excluding hydrogens is 500 g/mol. The van der Waals surface area contributed by atoms with Crippen molar-refractivity contribution in [2.75, 3.05) is 43.5 Å². The zero-order chi connectivity index (χ0) is 28.1. The number of amides is 1. The van der Waals surface area contributed by atoms with E-state index in [2.05, 4.69) is 53.2 Å². The molecule has 4 aromatic rings. The van der Waals surface area contributed by atoms with Crippen LogP contribution >= 0.6 is 0 Å². The zero-order valence-electron chi connectivity index (χ0n) is 23.2. The maximum Gasteiger partial charge on any atom is 0.256 e. The fraction of sp³-hybridized carbons (Fsp3) is 0.273. The van der Waals surface area contributed by atoms with Gasteiger partial charge in [0.1, 0.15) is 17.6 Å². The molecule has 1 amide bonds. The van der Waals surface area contributed by atoms with Crippen molar-refractivity contribution < 1.29 is 13.9 Å². The van der Waals surface area contributed by atoms with Crippen LogP contribution in [0, 0.1) is 11.3 Å². The Morgan fingerprint density at radius 1 is 0.975 bits per heavy atom. The molecule has 1 saturated heterocycles. The van der Waals surface area contributed by atoms with Gasteiger partial charge in [0.2, 0.25) is 5.76 Å². The van der Waals surface area contributed by atoms with Crippen molar-refractivity contribution in [3.63, 3.8) is 0 Å². The number of anilines is 2. The monoisotopic (exact) mass is 534 g/mol. The van der Waals surface area contributed by atoms with Gasteiger partial charge in [-0.15, -0.1) is 0 Å². The third-order valence-electron chi connectivity index (χ3n) is 7.37. The lowest BCUT2D eigenvalue weighted by molar-refractivity contribution is 0.102. The third kappa shape index (κ3) is 6.03. The van der Waals surface area contributed by atoms with Crippen LogP contribution < -0.4 is 15.0 Å². The third-order valence-corrected chi connectivity index (χ3v) is 7.37. The van der Waals surface area contributed by atoms with Crippen molar-refractivity contribution in [1.29, 1.82) is 5.26 Å². The average Bonchev–Trinajstić information content (AvgIpc) is 3.45. The number of benzene rings is 3. The van der Waals surface area contributed by atoms with E-state index in [0.29, 0.717) is 29.5 Å². The second-order valence-electron chi connectivity index (χ2n) is 10.3. The Morgan fingerprint density at radius 3 is 2.33 bits per heavy atom. The molecule has 0 unspecified atom stereocenters. The minimum atomic E-state index is -0.180. The van der Waals surface area contributed by atoms with Crippen LogP contribution in [0.5, 0.6) is 5.75 Å². The number of methoxy groups -OCH3 is 1. The second-order valence-corrected chi connectivity index (χ2v) is 10.3. The molecule has 7 nitrogen and oxygen atoms in total. The molecule has 2 heterocycles. The molecule has 0 radical (unpaired) electrons. The Labute approximate surface area is 235 Å². The van der Waals surface area contributed by atoms with E-state index < -0.39 is 0 Å². The van der Waals surface area contributed by atoms with Crippen LogP contribution in [-0.4, -0.2) is 44.1 Å². The number of hydrogen-bond donors (Lipinski definition) is 1. The number of rotatable bonds is 8. The van der Waals surface area contributed by atoms with Gasteiger partial charge in [0.25, 0.3) is 5.91 Å². The number of ether oxygens (including phenoxy) is 1. The lowest BCUT2D eigenvalue weighted by atomic mass is 9.95. The molecule has 40 heavy (non-hydrogen) atoms. The summed E-state index contributed by atoms with van der Waals surface area (Å²) >= 11 is 0. The zero-order valence-corrected chi connectivity index (χ0v) is 23.2. The Morgan fingerprint density at radius 2 is 1.70 bits per heavy atom. The van der Waals surface area contributed by atoms with Crippen molar-refractivity contribution in [3.05, 3.63) is 102 Å². The predicted molar refractivity (Wildman–Crippen MR) is 158 cm³/mol. The quantitative estimate of drug-likeness (QED) is 0.277. The largest absolute Gasteiger partial charge is 0.496 e. The number of carbonyl (C=O) groups excluding carboxylic acids is 1. The van der Waals surface area contributed by atoms with E-state index >= 15 is 0 Å². The summed E-state index contributed by atoms with van der Waals surface area (Å²) < 4.78 is 11.2. The molecule has 1 N–H and O–H groups in total. The fourth-order valence-electron chi connectivity index (χ4n) is 5.08. The molecule has 7 heteroatoms. The summed E-state index contributed by atoms with van der Waals surface area (Å²) in [4.78, 5) is 18.1. The van der Waals surface area contributed by atoms with Crippen LogP contribution in [-0.2, 0) is 6.54 Å². The van der Waals surface area contributed by atoms with Gasteiger partial charge in [-0.3, -0.25) is 9.69 Å². The first kappa shape index (κ1) is 27.0. The van der Waals surface area contributed by atoms with Gasteiger partial charge >= 0.3 is 0 Å². The maximum atomic E-state index is 13.4. The molecule has 5 rings (SSSR count). The number of hydrogen-bond acceptors (Lipinski definition) is 6. The normalized spacial score (nSPS) is 13.7. The van der Waals surface area contributed by atoms with Crippen LogP contribution in [0.3, 0.4) is 0 Å². The SMILES string of the molecule is COc1cccc(C(=O)Nc2ccc(N3CCN(Cc4ccc(C#N)o4)CC3)cc2)c1-c1ccc(C(C)C)cc1. The van der Waals surface area contributed by atoms with Gasteiger partial charge in [-0.25, -0.2) is 0 Å². The van der Waals surface area contributed by atoms with Gasteiger partial charge in [0.15, 0.2) is 0 Å². The van der Waals surface area contributed by atoms with E-state index in [9.17, 15) is 4.79 Å². The molecule has 3 aromatic carbocycles. The maximum absolute atomic E-state index is 13.4. The summed E-state index contributed by atoms with van der Waals surface area (Å²) in [6, 6.07) is 27.5. The highest BCUT2D eigenvalue weighted by atomic mass is 16.5. The minimum Gasteiger partial charge on any atom is -0.496 e. The summed E-state index contributed by atoms with van der Waals surface area (Å²) in [5.41, 5.74) is 5.40. The highest BCUT2D eigenvalue weighted by Gasteiger charge is 2.20. The van der Waals surface area contributed by atoms with Crippen molar-refractivity contribution in [2.24, 2.45) is 0 Å². The molecule has 0 bridgehead atoms. The van der Waals surface area contributed by atoms with Gasteiger partial charge in [-0.05, 0) is 65.6 Å². The highest BCUT2D eigenvalue weighted by Crippen LogP contribution is 2.35. The van der Waals surface area contributed by atoms with Crippen molar-refractivity contribution in [1.82, 2.24) is 4.90 Å². The minimum absolute atomic E-state index is 0.180. The Hall–Kier alpha value is -4.54. The number of nitriles is 1. The van der Waals surface area contributed by atoms with Crippen molar-refractivity contribution in [3.8, 4) is 22.9 Å². The number of nitrogens with zero attached hydrogens (tertiary/aromatic N) is 3. The fourth-order valence-corrected chi connectivity index (χ4v) is 5.08. The number of furan rings is 1. The number of nitrogens with one attached hydrogen (secondary N) is 1. The van der Waals surface area contributed by atoms with E-state index in [1.54, 1.807) is 13.2 Å². The van der Waals surface area contributed by atoms with Crippen LogP contribution in [0.1, 0.15) is 47.2 Å². The Kier molecular flexibility index (Phi) is 8.18. The summed E-state index contributed by atoms with van der Waals surface area (Å²) in [6.07, 6.45) is 0. The smallest absolute Gasteiger partial charge is 0.256 e. The molecule has 0 spiro atoms. The van der Waals surface area contributed by atoms with Gasteiger partial charge in [-0.2, -0.15) is 5.26 Å². The van der Waals surface area contributed by atoms with Crippen LogP contribution in [0.4, 0.5) is 11.4 Å². The van der Waals surface area contributed by atoms with E-state index in [4.69, 9.17) is 14.4 Å². The Balaban J connectivity index is 1.24. The average molecular weight is 535 g/mol. The van der Waals surface area contributed by atoms with Crippen molar-refractivity contribution >= 4 is 17.3 Å². The number of piperazine rings is 1.